The molecule has 1 heterocycles. The van der Waals surface area contributed by atoms with Crippen LogP contribution in [0.4, 0.5) is 0 Å². The minimum Gasteiger partial charge on any atom is -0.504 e. The summed E-state index contributed by atoms with van der Waals surface area (Å²) in [7, 11) is 0. The Morgan fingerprint density at radius 1 is 1.22 bits per heavy atom. The molecule has 23 heavy (non-hydrogen) atoms. The molecular weight excluding hydrogens is 290 g/mol. The molecule has 2 aromatic carbocycles. The van der Waals surface area contributed by atoms with E-state index < -0.39 is 0 Å². The van der Waals surface area contributed by atoms with Crippen molar-refractivity contribution in [2.45, 2.75) is 25.8 Å². The van der Waals surface area contributed by atoms with E-state index in [1.165, 1.54) is 11.1 Å². The van der Waals surface area contributed by atoms with Crippen molar-refractivity contribution < 1.29 is 15.0 Å². The molecule has 1 aliphatic carbocycles. The van der Waals surface area contributed by atoms with Crippen molar-refractivity contribution in [3.63, 3.8) is 0 Å². The van der Waals surface area contributed by atoms with Crippen molar-refractivity contribution in [2.75, 3.05) is 13.1 Å². The maximum absolute atomic E-state index is 11.6. The van der Waals surface area contributed by atoms with Crippen molar-refractivity contribution in [3.05, 3.63) is 47.0 Å². The molecule has 1 atom stereocenters. The fourth-order valence-corrected chi connectivity index (χ4v) is 4.05. The number of carbonyl (C=O) groups excluding carboxylic acids is 1. The number of carbonyl (C=O) groups is 1. The van der Waals surface area contributed by atoms with Gasteiger partial charge in [0.05, 0.1) is 6.54 Å². The van der Waals surface area contributed by atoms with E-state index in [9.17, 15) is 15.0 Å². The Hall–Kier alpha value is -2.33. The van der Waals surface area contributed by atoms with Gasteiger partial charge < -0.3 is 10.2 Å². The van der Waals surface area contributed by atoms with E-state index in [4.69, 9.17) is 0 Å². The van der Waals surface area contributed by atoms with Gasteiger partial charge in [-0.05, 0) is 48.1 Å². The molecule has 0 saturated carbocycles. The Kier molecular flexibility index (Phi) is 3.16. The van der Waals surface area contributed by atoms with E-state index in [0.717, 1.165) is 36.1 Å². The van der Waals surface area contributed by atoms with Gasteiger partial charge in [0.15, 0.2) is 11.5 Å². The number of hydrogen-bond acceptors (Lipinski definition) is 4. The molecule has 0 unspecified atom stereocenters. The van der Waals surface area contributed by atoms with Gasteiger partial charge in [0.25, 0.3) is 0 Å². The molecule has 0 aromatic heterocycles. The highest BCUT2D eigenvalue weighted by Gasteiger charge is 2.35. The average Bonchev–Trinajstić information content (AvgIpc) is 2.53. The second-order valence-electron chi connectivity index (χ2n) is 6.49. The number of aromatic hydroxyl groups is 2. The van der Waals surface area contributed by atoms with Gasteiger partial charge in [-0.2, -0.15) is 0 Å². The quantitative estimate of drug-likeness (QED) is 0.838. The van der Waals surface area contributed by atoms with Crippen molar-refractivity contribution in [1.29, 1.82) is 0 Å². The number of benzene rings is 2. The Labute approximate surface area is 135 Å². The smallest absolute Gasteiger partial charge is 0.165 e. The summed E-state index contributed by atoms with van der Waals surface area (Å²) in [4.78, 5) is 13.9. The summed E-state index contributed by atoms with van der Waals surface area (Å²) in [5.74, 6) is 0.0412. The maximum atomic E-state index is 11.6. The summed E-state index contributed by atoms with van der Waals surface area (Å²) < 4.78 is 0. The largest absolute Gasteiger partial charge is 0.504 e. The van der Waals surface area contributed by atoms with E-state index in [-0.39, 0.29) is 23.3 Å². The number of hydrogen-bond donors (Lipinski definition) is 2. The van der Waals surface area contributed by atoms with Crippen LogP contribution >= 0.6 is 0 Å². The lowest BCUT2D eigenvalue weighted by Crippen LogP contribution is -2.40. The van der Waals surface area contributed by atoms with Crippen LogP contribution in [0, 0.1) is 0 Å². The van der Waals surface area contributed by atoms with Gasteiger partial charge in [0.2, 0.25) is 0 Å². The Balaban J connectivity index is 1.92. The molecule has 4 nitrogen and oxygen atoms in total. The SMILES string of the molecule is CC(=O)CN1CCc2cccc3c2[C@H]1Cc1ccc(O)c(O)c1-3. The van der Waals surface area contributed by atoms with Crippen LogP contribution in [0.15, 0.2) is 30.3 Å². The second-order valence-corrected chi connectivity index (χ2v) is 6.49. The zero-order valence-corrected chi connectivity index (χ0v) is 13.0. The molecule has 2 N–H and O–H groups in total. The fraction of sp³-hybridized carbons (Fsp3) is 0.316. The van der Waals surface area contributed by atoms with Crippen LogP contribution in [0.3, 0.4) is 0 Å². The summed E-state index contributed by atoms with van der Waals surface area (Å²) in [5, 5.41) is 20.2. The molecule has 2 aromatic rings. The third kappa shape index (κ3) is 2.13. The van der Waals surface area contributed by atoms with Gasteiger partial charge in [0, 0.05) is 18.2 Å². The average molecular weight is 309 g/mol. The molecule has 0 bridgehead atoms. The summed E-state index contributed by atoms with van der Waals surface area (Å²) in [5.41, 5.74) is 5.22. The molecular formula is C19H19NO3. The highest BCUT2D eigenvalue weighted by molar-refractivity contribution is 5.83. The Morgan fingerprint density at radius 2 is 2.04 bits per heavy atom. The van der Waals surface area contributed by atoms with Crippen LogP contribution in [0.5, 0.6) is 11.5 Å². The maximum Gasteiger partial charge on any atom is 0.165 e. The minimum atomic E-state index is -0.0868. The lowest BCUT2D eigenvalue weighted by Gasteiger charge is -2.41. The van der Waals surface area contributed by atoms with E-state index >= 15 is 0 Å². The number of ketones is 1. The monoisotopic (exact) mass is 309 g/mol. The van der Waals surface area contributed by atoms with Gasteiger partial charge in [-0.25, -0.2) is 0 Å². The molecule has 0 fully saturated rings. The molecule has 118 valence electrons. The van der Waals surface area contributed by atoms with E-state index in [0.29, 0.717) is 6.54 Å². The van der Waals surface area contributed by atoms with Crippen LogP contribution in [-0.2, 0) is 17.6 Å². The number of nitrogens with zero attached hydrogens (tertiary/aromatic N) is 1. The van der Waals surface area contributed by atoms with Crippen LogP contribution in [0.1, 0.15) is 29.7 Å². The standard InChI is InChI=1S/C19H19NO3/c1-11(21)10-20-8-7-12-3-2-4-14-17(12)15(20)9-13-5-6-16(22)19(23)18(13)14/h2-6,15,22-23H,7-10H2,1H3/t15-/m1/s1. The third-order valence-electron chi connectivity index (χ3n) is 4.99. The number of phenols is 2. The van der Waals surface area contributed by atoms with Gasteiger partial charge in [-0.1, -0.05) is 24.3 Å². The number of phenolic OH excluding ortho intramolecular Hbond substituents is 2. The highest BCUT2D eigenvalue weighted by atomic mass is 16.3. The molecule has 0 spiro atoms. The minimum absolute atomic E-state index is 0.0435. The van der Waals surface area contributed by atoms with Crippen molar-refractivity contribution in [1.82, 2.24) is 4.90 Å². The predicted octanol–water partition coefficient (Wildman–Crippen LogP) is 2.81. The Bertz CT molecular complexity index is 813. The van der Waals surface area contributed by atoms with Crippen LogP contribution in [0.25, 0.3) is 11.1 Å². The number of rotatable bonds is 2. The lowest BCUT2D eigenvalue weighted by atomic mass is 9.76. The molecule has 0 radical (unpaired) electrons. The first kappa shape index (κ1) is 14.3. The number of Topliss-reactive ketones (excluding diaryl/α,β-unsaturated/α-hetero) is 1. The molecule has 0 amide bonds. The predicted molar refractivity (Wildman–Crippen MR) is 87.6 cm³/mol. The Morgan fingerprint density at radius 3 is 2.83 bits per heavy atom. The van der Waals surface area contributed by atoms with E-state index in [2.05, 4.69) is 11.0 Å². The van der Waals surface area contributed by atoms with Crippen molar-refractivity contribution in [3.8, 4) is 22.6 Å². The first-order valence-electron chi connectivity index (χ1n) is 7.95. The highest BCUT2D eigenvalue weighted by Crippen LogP contribution is 2.50. The van der Waals surface area contributed by atoms with Crippen molar-refractivity contribution >= 4 is 5.78 Å². The van der Waals surface area contributed by atoms with Crippen molar-refractivity contribution in [2.24, 2.45) is 0 Å². The zero-order chi connectivity index (χ0) is 16.1. The first-order valence-corrected chi connectivity index (χ1v) is 7.95. The summed E-state index contributed by atoms with van der Waals surface area (Å²) in [6.45, 7) is 2.96. The second kappa shape index (κ2) is 5.10. The van der Waals surface area contributed by atoms with Gasteiger partial charge >= 0.3 is 0 Å². The first-order chi connectivity index (χ1) is 11.1. The molecule has 4 heteroatoms. The fourth-order valence-electron chi connectivity index (χ4n) is 4.05. The normalized spacial score (nSPS) is 19.1. The number of fused-ring (bicyclic) bond motifs is 2. The van der Waals surface area contributed by atoms with E-state index in [1.807, 2.05) is 18.2 Å². The topological polar surface area (TPSA) is 60.8 Å². The third-order valence-corrected chi connectivity index (χ3v) is 4.99. The molecule has 4 rings (SSSR count). The lowest BCUT2D eigenvalue weighted by molar-refractivity contribution is -0.118. The van der Waals surface area contributed by atoms with Crippen LogP contribution in [0.2, 0.25) is 0 Å². The molecule has 0 saturated heterocycles. The van der Waals surface area contributed by atoms with Crippen LogP contribution in [-0.4, -0.2) is 34.0 Å². The molecule has 2 aliphatic rings. The zero-order valence-electron chi connectivity index (χ0n) is 13.0. The summed E-state index contributed by atoms with van der Waals surface area (Å²) >= 11 is 0. The summed E-state index contributed by atoms with van der Waals surface area (Å²) in [6.07, 6.45) is 1.66. The van der Waals surface area contributed by atoms with Gasteiger partial charge in [0.1, 0.15) is 5.78 Å². The summed E-state index contributed by atoms with van der Waals surface area (Å²) in [6, 6.07) is 9.71. The van der Waals surface area contributed by atoms with Gasteiger partial charge in [-0.15, -0.1) is 0 Å². The van der Waals surface area contributed by atoms with Gasteiger partial charge in [-0.3, -0.25) is 9.69 Å². The molecule has 1 aliphatic heterocycles. The van der Waals surface area contributed by atoms with Crippen LogP contribution < -0.4 is 0 Å². The van der Waals surface area contributed by atoms with E-state index in [1.54, 1.807) is 13.0 Å².